The largest absolute Gasteiger partial charge is 0.497 e. The van der Waals surface area contributed by atoms with Crippen LogP contribution < -0.4 is 14.8 Å². The van der Waals surface area contributed by atoms with Crippen LogP contribution in [0.1, 0.15) is 22.9 Å². The fourth-order valence-electron chi connectivity index (χ4n) is 3.83. The molecule has 0 unspecified atom stereocenters. The van der Waals surface area contributed by atoms with Crippen LogP contribution in [0.3, 0.4) is 0 Å². The van der Waals surface area contributed by atoms with E-state index in [2.05, 4.69) is 5.32 Å². The van der Waals surface area contributed by atoms with Crippen molar-refractivity contribution >= 4 is 23.4 Å². The average Bonchev–Trinajstić information content (AvgIpc) is 3.46. The number of carbonyl (C=O) groups is 2. The van der Waals surface area contributed by atoms with Crippen LogP contribution in [0.25, 0.3) is 0 Å². The van der Waals surface area contributed by atoms with Gasteiger partial charge >= 0.3 is 0 Å². The van der Waals surface area contributed by atoms with Crippen molar-refractivity contribution in [1.29, 1.82) is 0 Å². The van der Waals surface area contributed by atoms with Crippen LogP contribution in [0.4, 0.5) is 0 Å². The number of hydrogen-bond acceptors (Lipinski definition) is 5. The lowest BCUT2D eigenvalue weighted by molar-refractivity contribution is -0.143. The number of nitrogens with zero attached hydrogens (tertiary/aromatic N) is 1. The van der Waals surface area contributed by atoms with Crippen molar-refractivity contribution < 1.29 is 23.5 Å². The van der Waals surface area contributed by atoms with Gasteiger partial charge in [0.25, 0.3) is 5.91 Å². The van der Waals surface area contributed by atoms with E-state index in [9.17, 15) is 9.59 Å². The van der Waals surface area contributed by atoms with Crippen molar-refractivity contribution in [3.8, 4) is 11.5 Å². The molecule has 8 heteroatoms. The van der Waals surface area contributed by atoms with Crippen molar-refractivity contribution in [2.75, 3.05) is 13.7 Å². The quantitative estimate of drug-likeness (QED) is 0.287. The molecule has 7 nitrogen and oxygen atoms in total. The third kappa shape index (κ3) is 6.92. The minimum Gasteiger partial charge on any atom is -0.497 e. The molecule has 0 spiro atoms. The summed E-state index contributed by atoms with van der Waals surface area (Å²) in [6.07, 6.45) is 1.54. The number of methoxy groups -OCH3 is 1. The summed E-state index contributed by atoms with van der Waals surface area (Å²) in [5, 5.41) is 3.29. The Hall–Kier alpha value is -4.23. The first kappa shape index (κ1) is 25.9. The van der Waals surface area contributed by atoms with Crippen molar-refractivity contribution in [2.24, 2.45) is 0 Å². The minimum atomic E-state index is -0.916. The average molecular weight is 519 g/mol. The number of benzene rings is 3. The van der Waals surface area contributed by atoms with E-state index in [1.807, 2.05) is 54.6 Å². The third-order valence-electron chi connectivity index (χ3n) is 5.71. The maximum Gasteiger partial charge on any atom is 0.261 e. The fraction of sp³-hybridized carbons (Fsp3) is 0.172. The molecule has 0 saturated heterocycles. The van der Waals surface area contributed by atoms with E-state index in [0.29, 0.717) is 27.8 Å². The lowest BCUT2D eigenvalue weighted by Gasteiger charge is -2.31. The van der Waals surface area contributed by atoms with Crippen molar-refractivity contribution in [1.82, 2.24) is 10.2 Å². The van der Waals surface area contributed by atoms with E-state index in [0.717, 1.165) is 5.56 Å². The summed E-state index contributed by atoms with van der Waals surface area (Å²) in [6.45, 7) is 0.0625. The highest BCUT2D eigenvalue weighted by atomic mass is 35.5. The Balaban J connectivity index is 1.64. The molecule has 2 amide bonds. The lowest BCUT2D eigenvalue weighted by atomic mass is 10.0. The van der Waals surface area contributed by atoms with Gasteiger partial charge in [0.15, 0.2) is 6.61 Å². The van der Waals surface area contributed by atoms with E-state index >= 15 is 0 Å². The molecule has 37 heavy (non-hydrogen) atoms. The number of para-hydroxylation sites is 1. The molecule has 190 valence electrons. The molecule has 1 atom stereocenters. The smallest absolute Gasteiger partial charge is 0.261 e. The second-order valence-electron chi connectivity index (χ2n) is 8.20. The van der Waals surface area contributed by atoms with Gasteiger partial charge in [0.05, 0.1) is 24.9 Å². The number of rotatable bonds is 11. The Kier molecular flexibility index (Phi) is 8.84. The van der Waals surface area contributed by atoms with Gasteiger partial charge in [-0.1, -0.05) is 66.2 Å². The van der Waals surface area contributed by atoms with Crippen LogP contribution in [-0.4, -0.2) is 30.4 Å². The van der Waals surface area contributed by atoms with Gasteiger partial charge in [0, 0.05) is 6.54 Å². The second-order valence-corrected chi connectivity index (χ2v) is 8.61. The monoisotopic (exact) mass is 518 g/mol. The number of carbonyl (C=O) groups excluding carboxylic acids is 2. The SMILES string of the molecule is COc1ccc(CN(C(=O)COc2ccccc2Cl)[C@@H](C(=O)NCc2ccco2)c2ccccc2)cc1. The Morgan fingerprint density at radius 1 is 0.946 bits per heavy atom. The van der Waals surface area contributed by atoms with E-state index in [1.165, 1.54) is 4.90 Å². The number of hydrogen-bond donors (Lipinski definition) is 1. The highest BCUT2D eigenvalue weighted by molar-refractivity contribution is 6.32. The number of ether oxygens (including phenoxy) is 2. The number of halogens is 1. The molecule has 1 N–H and O–H groups in total. The molecule has 0 saturated carbocycles. The summed E-state index contributed by atoms with van der Waals surface area (Å²) in [4.78, 5) is 28.7. The van der Waals surface area contributed by atoms with Gasteiger partial charge in [-0.25, -0.2) is 0 Å². The summed E-state index contributed by atoms with van der Waals surface area (Å²) >= 11 is 6.21. The first-order valence-corrected chi connectivity index (χ1v) is 12.1. The molecule has 0 aliphatic rings. The van der Waals surface area contributed by atoms with Crippen molar-refractivity contribution in [3.05, 3.63) is 119 Å². The summed E-state index contributed by atoms with van der Waals surface area (Å²) in [5.74, 6) is 0.968. The second kappa shape index (κ2) is 12.6. The van der Waals surface area contributed by atoms with Crippen LogP contribution in [0.5, 0.6) is 11.5 Å². The summed E-state index contributed by atoms with van der Waals surface area (Å²) < 4.78 is 16.4. The van der Waals surface area contributed by atoms with Gasteiger partial charge in [-0.2, -0.15) is 0 Å². The van der Waals surface area contributed by atoms with Crippen molar-refractivity contribution in [2.45, 2.75) is 19.1 Å². The van der Waals surface area contributed by atoms with Crippen LogP contribution in [-0.2, 0) is 22.7 Å². The van der Waals surface area contributed by atoms with Crippen LogP contribution >= 0.6 is 11.6 Å². The minimum absolute atomic E-state index is 0.169. The Labute approximate surface area is 220 Å². The molecule has 0 aliphatic carbocycles. The first-order chi connectivity index (χ1) is 18.0. The standard InChI is InChI=1S/C29H27ClN2O5/c1-35-23-15-13-21(14-16-23)19-32(27(33)20-37-26-12-6-5-11-25(26)30)28(22-8-3-2-4-9-22)29(34)31-18-24-10-7-17-36-24/h2-17,28H,18-20H2,1H3,(H,31,34)/t28-/m1/s1. The zero-order chi connectivity index (χ0) is 26.0. The van der Waals surface area contributed by atoms with Gasteiger partial charge in [0.1, 0.15) is 23.3 Å². The predicted octanol–water partition coefficient (Wildman–Crippen LogP) is 5.41. The van der Waals surface area contributed by atoms with Gasteiger partial charge in [-0.05, 0) is 47.5 Å². The molecule has 0 radical (unpaired) electrons. The maximum absolute atomic E-state index is 13.6. The topological polar surface area (TPSA) is 81.0 Å². The van der Waals surface area contributed by atoms with Crippen LogP contribution in [0.2, 0.25) is 5.02 Å². The van der Waals surface area contributed by atoms with E-state index in [-0.39, 0.29) is 31.5 Å². The summed E-state index contributed by atoms with van der Waals surface area (Å²) in [7, 11) is 1.59. The molecular weight excluding hydrogens is 492 g/mol. The van der Waals surface area contributed by atoms with Gasteiger partial charge in [-0.15, -0.1) is 0 Å². The molecule has 0 bridgehead atoms. The Morgan fingerprint density at radius 2 is 1.68 bits per heavy atom. The van der Waals surface area contributed by atoms with E-state index in [4.69, 9.17) is 25.5 Å². The fourth-order valence-corrected chi connectivity index (χ4v) is 4.02. The molecule has 0 aliphatic heterocycles. The molecule has 0 fully saturated rings. The highest BCUT2D eigenvalue weighted by Crippen LogP contribution is 2.27. The summed E-state index contributed by atoms with van der Waals surface area (Å²) in [6, 6.07) is 26.0. The molecule has 4 rings (SSSR count). The molecule has 3 aromatic carbocycles. The third-order valence-corrected chi connectivity index (χ3v) is 6.02. The zero-order valence-corrected chi connectivity index (χ0v) is 21.1. The first-order valence-electron chi connectivity index (χ1n) is 11.7. The normalized spacial score (nSPS) is 11.4. The Morgan fingerprint density at radius 3 is 2.35 bits per heavy atom. The van der Waals surface area contributed by atoms with Crippen molar-refractivity contribution in [3.63, 3.8) is 0 Å². The summed E-state index contributed by atoms with van der Waals surface area (Å²) in [5.41, 5.74) is 1.49. The van der Waals surface area contributed by atoms with E-state index in [1.54, 1.807) is 49.8 Å². The predicted molar refractivity (Wildman–Crippen MR) is 140 cm³/mol. The van der Waals surface area contributed by atoms with Gasteiger partial charge in [0.2, 0.25) is 5.91 Å². The number of furan rings is 1. The highest BCUT2D eigenvalue weighted by Gasteiger charge is 2.32. The molecule has 1 aromatic heterocycles. The van der Waals surface area contributed by atoms with E-state index < -0.39 is 6.04 Å². The van der Waals surface area contributed by atoms with Gasteiger partial charge in [-0.3, -0.25) is 9.59 Å². The van der Waals surface area contributed by atoms with Gasteiger partial charge < -0.3 is 24.1 Å². The zero-order valence-electron chi connectivity index (χ0n) is 20.3. The lowest BCUT2D eigenvalue weighted by Crippen LogP contribution is -2.45. The molecular formula is C29H27ClN2O5. The maximum atomic E-state index is 13.6. The van der Waals surface area contributed by atoms with Crippen LogP contribution in [0.15, 0.2) is 102 Å². The number of nitrogens with one attached hydrogen (secondary N) is 1. The van der Waals surface area contributed by atoms with Crippen LogP contribution in [0, 0.1) is 0 Å². The number of amides is 2. The molecule has 1 heterocycles. The molecule has 4 aromatic rings. The Bertz CT molecular complexity index is 1290.